The number of benzene rings is 1. The second kappa shape index (κ2) is 11.9. The van der Waals surface area contributed by atoms with Crippen molar-refractivity contribution in [1.82, 2.24) is 10.2 Å². The zero-order chi connectivity index (χ0) is 21.3. The normalized spacial score (nSPS) is 18.4. The second-order valence-electron chi connectivity index (χ2n) is 8.38. The molecule has 3 rings (SSSR count). The summed E-state index contributed by atoms with van der Waals surface area (Å²) in [6.07, 6.45) is 13.2. The molecule has 0 spiro atoms. The van der Waals surface area contributed by atoms with Crippen LogP contribution in [0.15, 0.2) is 40.4 Å². The van der Waals surface area contributed by atoms with E-state index in [1.807, 2.05) is 24.3 Å². The molecular weight excluding hydrogens is 464 g/mol. The lowest BCUT2D eigenvalue weighted by molar-refractivity contribution is -0.139. The standard InChI is InChI=1S/C24H32BrClN2O2/c25-20-11-7-10-19(16-20)23(24(30)27-21-12-5-2-6-13-21)28(22(29)17-26)15-14-18-8-3-1-4-9-18/h7-8,10-11,16,21,23H,1-6,9,12-15,17H2,(H,27,30)/t23-/m1/s1. The fourth-order valence-corrected chi connectivity index (χ4v) is 5.12. The molecule has 4 nitrogen and oxygen atoms in total. The van der Waals surface area contributed by atoms with Gasteiger partial charge in [0.1, 0.15) is 11.9 Å². The molecule has 1 atom stereocenters. The molecule has 0 unspecified atom stereocenters. The van der Waals surface area contributed by atoms with E-state index < -0.39 is 6.04 Å². The number of alkyl halides is 1. The number of hydrogen-bond acceptors (Lipinski definition) is 2. The average Bonchev–Trinajstić information content (AvgIpc) is 2.77. The monoisotopic (exact) mass is 494 g/mol. The number of nitrogens with zero attached hydrogens (tertiary/aromatic N) is 1. The van der Waals surface area contributed by atoms with Crippen LogP contribution < -0.4 is 5.32 Å². The molecule has 0 heterocycles. The summed E-state index contributed by atoms with van der Waals surface area (Å²) in [7, 11) is 0. The lowest BCUT2D eigenvalue weighted by Gasteiger charge is -2.33. The molecule has 6 heteroatoms. The van der Waals surface area contributed by atoms with Gasteiger partial charge in [-0.15, -0.1) is 11.6 Å². The van der Waals surface area contributed by atoms with Crippen molar-refractivity contribution in [3.63, 3.8) is 0 Å². The van der Waals surface area contributed by atoms with Gasteiger partial charge in [0.2, 0.25) is 11.8 Å². The topological polar surface area (TPSA) is 49.4 Å². The molecule has 2 amide bonds. The Hall–Kier alpha value is -1.33. The Bertz CT molecular complexity index is 761. The first kappa shape index (κ1) is 23.3. The molecule has 1 aromatic carbocycles. The van der Waals surface area contributed by atoms with Crippen molar-refractivity contribution in [3.8, 4) is 0 Å². The fourth-order valence-electron chi connectivity index (χ4n) is 4.55. The number of hydrogen-bond donors (Lipinski definition) is 1. The first-order chi connectivity index (χ1) is 14.6. The van der Waals surface area contributed by atoms with Gasteiger partial charge in [0.15, 0.2) is 0 Å². The van der Waals surface area contributed by atoms with Crippen molar-refractivity contribution in [1.29, 1.82) is 0 Å². The van der Waals surface area contributed by atoms with E-state index in [0.29, 0.717) is 6.54 Å². The molecule has 30 heavy (non-hydrogen) atoms. The number of allylic oxidation sites excluding steroid dienone is 1. The van der Waals surface area contributed by atoms with E-state index in [4.69, 9.17) is 11.6 Å². The van der Waals surface area contributed by atoms with Gasteiger partial charge in [0.05, 0.1) is 0 Å². The SMILES string of the molecule is O=C(NC1CCCCC1)[C@@H](c1cccc(Br)c1)N(CCC1=CCCCC1)C(=O)CCl. The van der Waals surface area contributed by atoms with Crippen molar-refractivity contribution >= 4 is 39.3 Å². The van der Waals surface area contributed by atoms with E-state index in [1.165, 1.54) is 24.8 Å². The summed E-state index contributed by atoms with van der Waals surface area (Å²) in [5, 5.41) is 3.23. The lowest BCUT2D eigenvalue weighted by atomic mass is 9.94. The third-order valence-electron chi connectivity index (χ3n) is 6.17. The Morgan fingerprint density at radius 1 is 1.17 bits per heavy atom. The van der Waals surface area contributed by atoms with Crippen LogP contribution in [0.25, 0.3) is 0 Å². The Morgan fingerprint density at radius 2 is 1.97 bits per heavy atom. The molecule has 0 bridgehead atoms. The van der Waals surface area contributed by atoms with E-state index in [0.717, 1.165) is 55.0 Å². The average molecular weight is 496 g/mol. The second-order valence-corrected chi connectivity index (χ2v) is 9.56. The van der Waals surface area contributed by atoms with E-state index in [1.54, 1.807) is 4.90 Å². The van der Waals surface area contributed by atoms with Crippen LogP contribution in [0.2, 0.25) is 0 Å². The first-order valence-electron chi connectivity index (χ1n) is 11.2. The molecular formula is C24H32BrClN2O2. The molecule has 2 aliphatic carbocycles. The first-order valence-corrected chi connectivity index (χ1v) is 12.5. The van der Waals surface area contributed by atoms with Gasteiger partial charge >= 0.3 is 0 Å². The minimum Gasteiger partial charge on any atom is -0.351 e. The molecule has 1 N–H and O–H groups in total. The van der Waals surface area contributed by atoms with Gasteiger partial charge in [-0.2, -0.15) is 0 Å². The molecule has 2 aliphatic rings. The summed E-state index contributed by atoms with van der Waals surface area (Å²) < 4.78 is 0.892. The van der Waals surface area contributed by atoms with Gasteiger partial charge in [-0.25, -0.2) is 0 Å². The highest BCUT2D eigenvalue weighted by Gasteiger charge is 2.32. The van der Waals surface area contributed by atoms with Gasteiger partial charge in [0, 0.05) is 17.1 Å². The molecule has 0 aromatic heterocycles. The summed E-state index contributed by atoms with van der Waals surface area (Å²) in [6, 6.07) is 7.21. The van der Waals surface area contributed by atoms with Crippen LogP contribution in [0.4, 0.5) is 0 Å². The maximum Gasteiger partial charge on any atom is 0.247 e. The van der Waals surface area contributed by atoms with Gasteiger partial charge < -0.3 is 10.2 Å². The van der Waals surface area contributed by atoms with Crippen molar-refractivity contribution in [3.05, 3.63) is 46.0 Å². The summed E-state index contributed by atoms with van der Waals surface area (Å²) in [5.41, 5.74) is 2.20. The van der Waals surface area contributed by atoms with Crippen molar-refractivity contribution < 1.29 is 9.59 Å². The van der Waals surface area contributed by atoms with Crippen LogP contribution in [0.3, 0.4) is 0 Å². The zero-order valence-electron chi connectivity index (χ0n) is 17.5. The Balaban J connectivity index is 1.84. The summed E-state index contributed by atoms with van der Waals surface area (Å²) in [6.45, 7) is 0.507. The Kier molecular flexibility index (Phi) is 9.26. The molecule has 0 aliphatic heterocycles. The smallest absolute Gasteiger partial charge is 0.247 e. The summed E-state index contributed by atoms with van der Waals surface area (Å²) in [5.74, 6) is -0.423. The third-order valence-corrected chi connectivity index (χ3v) is 6.89. The van der Waals surface area contributed by atoms with Gasteiger partial charge in [-0.3, -0.25) is 9.59 Å². The van der Waals surface area contributed by atoms with Crippen LogP contribution in [0.1, 0.15) is 75.8 Å². The van der Waals surface area contributed by atoms with Crippen LogP contribution in [0, 0.1) is 0 Å². The predicted molar refractivity (Wildman–Crippen MR) is 125 cm³/mol. The summed E-state index contributed by atoms with van der Waals surface area (Å²) in [4.78, 5) is 28.0. The van der Waals surface area contributed by atoms with E-state index in [9.17, 15) is 9.59 Å². The number of amides is 2. The number of carbonyl (C=O) groups excluding carboxylic acids is 2. The van der Waals surface area contributed by atoms with Crippen LogP contribution in [-0.2, 0) is 9.59 Å². The highest BCUT2D eigenvalue weighted by molar-refractivity contribution is 9.10. The highest BCUT2D eigenvalue weighted by Crippen LogP contribution is 2.28. The molecule has 1 saturated carbocycles. The van der Waals surface area contributed by atoms with Crippen LogP contribution >= 0.6 is 27.5 Å². The maximum atomic E-state index is 13.5. The minimum absolute atomic E-state index is 0.101. The van der Waals surface area contributed by atoms with E-state index >= 15 is 0 Å². The number of carbonyl (C=O) groups is 2. The summed E-state index contributed by atoms with van der Waals surface area (Å²) >= 11 is 9.49. The quantitative estimate of drug-likeness (QED) is 0.361. The van der Waals surface area contributed by atoms with Crippen molar-refractivity contribution in [2.75, 3.05) is 12.4 Å². The van der Waals surface area contributed by atoms with Gasteiger partial charge in [-0.05, 0) is 62.6 Å². The molecule has 1 fully saturated rings. The predicted octanol–water partition coefficient (Wildman–Crippen LogP) is 5.90. The molecule has 0 saturated heterocycles. The van der Waals surface area contributed by atoms with E-state index in [2.05, 4.69) is 27.3 Å². The third kappa shape index (κ3) is 6.58. The van der Waals surface area contributed by atoms with Crippen molar-refractivity contribution in [2.24, 2.45) is 0 Å². The van der Waals surface area contributed by atoms with Gasteiger partial charge in [0.25, 0.3) is 0 Å². The Labute approximate surface area is 193 Å². The van der Waals surface area contributed by atoms with Crippen LogP contribution in [0.5, 0.6) is 0 Å². The molecule has 1 aromatic rings. The Morgan fingerprint density at radius 3 is 2.63 bits per heavy atom. The highest BCUT2D eigenvalue weighted by atomic mass is 79.9. The largest absolute Gasteiger partial charge is 0.351 e. The van der Waals surface area contributed by atoms with Gasteiger partial charge in [-0.1, -0.05) is 59.0 Å². The lowest BCUT2D eigenvalue weighted by Crippen LogP contribution is -2.47. The maximum absolute atomic E-state index is 13.5. The minimum atomic E-state index is -0.667. The van der Waals surface area contributed by atoms with Crippen molar-refractivity contribution in [2.45, 2.75) is 76.3 Å². The van der Waals surface area contributed by atoms with Crippen LogP contribution in [-0.4, -0.2) is 35.2 Å². The zero-order valence-corrected chi connectivity index (χ0v) is 19.9. The molecule has 164 valence electrons. The molecule has 0 radical (unpaired) electrons. The fraction of sp³-hybridized carbons (Fsp3) is 0.583. The number of nitrogens with one attached hydrogen (secondary N) is 1. The number of rotatable bonds is 8. The number of halogens is 2. The van der Waals surface area contributed by atoms with E-state index in [-0.39, 0.29) is 23.7 Å².